The van der Waals surface area contributed by atoms with Crippen LogP contribution in [0.25, 0.3) is 22.2 Å². The third kappa shape index (κ3) is 4.69. The number of fused-ring (bicyclic) bond motifs is 6. The quantitative estimate of drug-likeness (QED) is 0.0956. The highest BCUT2D eigenvalue weighted by Crippen LogP contribution is 2.56. The Bertz CT molecular complexity index is 1890. The molecule has 2 amide bonds. The van der Waals surface area contributed by atoms with E-state index in [-0.39, 0.29) is 46.8 Å². The smallest absolute Gasteiger partial charge is 0.339 e. The Kier molecular flexibility index (Phi) is 6.78. The standard InChI is InChI=1S/C34H24BrClN2O5/c1-17-12-20-13-24(17)31-30(20)32(40)38(33(31)41)23-9-4-18(5-10-23)28-15-26(25-14-22(36)8-11-27(25)37-28)34(42)43-16-29(39)19-2-6-21(35)7-3-19/h2-12,14-15,20,24,30-31H,13,16H2,1H3. The van der Waals surface area contributed by atoms with Crippen molar-refractivity contribution in [3.05, 3.63) is 105 Å². The molecule has 4 aromatic rings. The summed E-state index contributed by atoms with van der Waals surface area (Å²) in [6, 6.07) is 20.4. The fraction of sp³-hybridized carbons (Fsp3) is 0.206. The van der Waals surface area contributed by atoms with Gasteiger partial charge in [-0.2, -0.15) is 0 Å². The number of halogens is 2. The minimum Gasteiger partial charge on any atom is -0.454 e. The van der Waals surface area contributed by atoms with Crippen LogP contribution in [0.5, 0.6) is 0 Å². The van der Waals surface area contributed by atoms with Crippen molar-refractivity contribution >= 4 is 67.7 Å². The van der Waals surface area contributed by atoms with E-state index >= 15 is 0 Å². The molecule has 2 aliphatic carbocycles. The first kappa shape index (κ1) is 27.7. The van der Waals surface area contributed by atoms with E-state index in [1.165, 1.54) is 10.5 Å². The summed E-state index contributed by atoms with van der Waals surface area (Å²) in [7, 11) is 0. The highest BCUT2D eigenvalue weighted by molar-refractivity contribution is 9.10. The van der Waals surface area contributed by atoms with Crippen LogP contribution in [0.1, 0.15) is 34.1 Å². The number of nitrogens with zero attached hydrogens (tertiary/aromatic N) is 2. The average Bonchev–Trinajstić information content (AvgIpc) is 3.65. The Balaban J connectivity index is 1.16. The lowest BCUT2D eigenvalue weighted by Crippen LogP contribution is -2.32. The molecule has 2 fully saturated rings. The number of pyridine rings is 1. The molecule has 7 nitrogen and oxygen atoms in total. The zero-order valence-corrected chi connectivity index (χ0v) is 25.3. The van der Waals surface area contributed by atoms with Crippen LogP contribution in [0, 0.1) is 23.7 Å². The lowest BCUT2D eigenvalue weighted by atomic mass is 9.82. The summed E-state index contributed by atoms with van der Waals surface area (Å²) in [5.74, 6) is -1.56. The van der Waals surface area contributed by atoms with Crippen LogP contribution in [0.15, 0.2) is 88.9 Å². The van der Waals surface area contributed by atoms with Gasteiger partial charge in [0, 0.05) is 26.0 Å². The van der Waals surface area contributed by atoms with Crippen LogP contribution < -0.4 is 4.90 Å². The van der Waals surface area contributed by atoms with Gasteiger partial charge in [0.15, 0.2) is 12.4 Å². The number of ether oxygens (including phenoxy) is 1. The van der Waals surface area contributed by atoms with Gasteiger partial charge in [-0.3, -0.25) is 19.3 Å². The van der Waals surface area contributed by atoms with Crippen LogP contribution in [0.3, 0.4) is 0 Å². The van der Waals surface area contributed by atoms with Crippen LogP contribution in [0.2, 0.25) is 5.02 Å². The minimum atomic E-state index is -0.684. The number of Topliss-reactive ketones (excluding diaryl/α,β-unsaturated/α-hetero) is 1. The number of benzene rings is 3. The van der Waals surface area contributed by atoms with Crippen molar-refractivity contribution in [2.75, 3.05) is 11.5 Å². The normalized spacial score (nSPS) is 22.2. The van der Waals surface area contributed by atoms with Crippen molar-refractivity contribution < 1.29 is 23.9 Å². The molecule has 1 aromatic heterocycles. The molecular formula is C34H24BrClN2O5. The van der Waals surface area contributed by atoms with Gasteiger partial charge in [0.1, 0.15) is 0 Å². The van der Waals surface area contributed by atoms with Gasteiger partial charge in [-0.05, 0) is 73.7 Å². The van der Waals surface area contributed by atoms with E-state index in [1.54, 1.807) is 72.8 Å². The largest absolute Gasteiger partial charge is 0.454 e. The molecule has 3 aromatic carbocycles. The third-order valence-corrected chi connectivity index (χ3v) is 9.56. The molecule has 3 aliphatic rings. The SMILES string of the molecule is CC1=CC2CC1C1C(=O)N(c3ccc(-c4cc(C(=O)OCC(=O)c5ccc(Br)cc5)c5cc(Cl)ccc5n4)cc3)C(=O)C21. The van der Waals surface area contributed by atoms with E-state index in [2.05, 4.69) is 22.0 Å². The summed E-state index contributed by atoms with van der Waals surface area (Å²) in [6.07, 6.45) is 3.04. The van der Waals surface area contributed by atoms with Crippen LogP contribution >= 0.6 is 27.5 Å². The van der Waals surface area contributed by atoms with Crippen molar-refractivity contribution in [3.63, 3.8) is 0 Å². The van der Waals surface area contributed by atoms with E-state index in [0.717, 1.165) is 10.9 Å². The highest BCUT2D eigenvalue weighted by atomic mass is 79.9. The number of ketones is 1. The maximum absolute atomic E-state index is 13.4. The molecule has 1 aliphatic heterocycles. The first-order chi connectivity index (χ1) is 20.7. The summed E-state index contributed by atoms with van der Waals surface area (Å²) in [6.45, 7) is 1.62. The monoisotopic (exact) mass is 654 g/mol. The molecule has 0 spiro atoms. The van der Waals surface area contributed by atoms with Gasteiger partial charge < -0.3 is 4.74 Å². The number of rotatable bonds is 6. The van der Waals surface area contributed by atoms with Gasteiger partial charge in [-0.1, -0.05) is 63.4 Å². The Morgan fingerprint density at radius 2 is 1.70 bits per heavy atom. The van der Waals surface area contributed by atoms with Gasteiger partial charge in [0.05, 0.1) is 34.3 Å². The zero-order valence-electron chi connectivity index (χ0n) is 22.9. The molecule has 0 N–H and O–H groups in total. The van der Waals surface area contributed by atoms with Gasteiger partial charge in [-0.25, -0.2) is 9.78 Å². The highest BCUT2D eigenvalue weighted by Gasteiger charge is 2.60. The van der Waals surface area contributed by atoms with Crippen molar-refractivity contribution in [1.29, 1.82) is 0 Å². The lowest BCUT2D eigenvalue weighted by Gasteiger charge is -2.19. The summed E-state index contributed by atoms with van der Waals surface area (Å²) in [5.41, 5.74) is 4.06. The lowest BCUT2D eigenvalue weighted by molar-refractivity contribution is -0.123. The van der Waals surface area contributed by atoms with Gasteiger partial charge in [-0.15, -0.1) is 0 Å². The molecule has 4 unspecified atom stereocenters. The molecule has 2 heterocycles. The number of carbonyl (C=O) groups excluding carboxylic acids is 4. The topological polar surface area (TPSA) is 93.6 Å². The third-order valence-electron chi connectivity index (χ3n) is 8.79. The number of anilines is 1. The van der Waals surface area contributed by atoms with E-state index in [1.807, 2.05) is 6.92 Å². The molecule has 1 saturated heterocycles. The number of hydrogen-bond donors (Lipinski definition) is 0. The molecule has 9 heteroatoms. The number of aromatic nitrogens is 1. The molecule has 2 bridgehead atoms. The molecule has 0 radical (unpaired) electrons. The first-order valence-corrected chi connectivity index (χ1v) is 15.1. The Morgan fingerprint density at radius 3 is 2.44 bits per heavy atom. The summed E-state index contributed by atoms with van der Waals surface area (Å²) < 4.78 is 6.27. The van der Waals surface area contributed by atoms with Crippen molar-refractivity contribution in [3.8, 4) is 11.3 Å². The molecule has 43 heavy (non-hydrogen) atoms. The number of imide groups is 1. The van der Waals surface area contributed by atoms with Crippen molar-refractivity contribution in [2.24, 2.45) is 23.7 Å². The Morgan fingerprint density at radius 1 is 0.977 bits per heavy atom. The predicted octanol–water partition coefficient (Wildman–Crippen LogP) is 7.06. The maximum Gasteiger partial charge on any atom is 0.339 e. The van der Waals surface area contributed by atoms with Crippen LogP contribution in [-0.2, 0) is 14.3 Å². The van der Waals surface area contributed by atoms with E-state index in [9.17, 15) is 19.2 Å². The second-order valence-corrected chi connectivity index (χ2v) is 12.6. The Labute approximate surface area is 260 Å². The summed E-state index contributed by atoms with van der Waals surface area (Å²) in [5, 5.41) is 0.919. The molecule has 4 atom stereocenters. The maximum atomic E-state index is 13.4. The fourth-order valence-electron chi connectivity index (χ4n) is 6.75. The second-order valence-electron chi connectivity index (χ2n) is 11.2. The summed E-state index contributed by atoms with van der Waals surface area (Å²) >= 11 is 9.58. The second kappa shape index (κ2) is 10.5. The first-order valence-electron chi connectivity index (χ1n) is 13.9. The van der Waals surface area contributed by atoms with Crippen LogP contribution in [-0.4, -0.2) is 35.2 Å². The number of allylic oxidation sites excluding steroid dienone is 2. The van der Waals surface area contributed by atoms with E-state index in [0.29, 0.717) is 38.4 Å². The molecule has 1 saturated carbocycles. The number of hydrogen-bond acceptors (Lipinski definition) is 6. The minimum absolute atomic E-state index is 0.133. The predicted molar refractivity (Wildman–Crippen MR) is 166 cm³/mol. The van der Waals surface area contributed by atoms with Gasteiger partial charge in [0.2, 0.25) is 11.8 Å². The van der Waals surface area contributed by atoms with Crippen LogP contribution in [0.4, 0.5) is 5.69 Å². The number of carbonyl (C=O) groups is 4. The zero-order chi connectivity index (χ0) is 30.0. The molecule has 7 rings (SSSR count). The molecule has 214 valence electrons. The Hall–Kier alpha value is -4.14. The van der Waals surface area contributed by atoms with E-state index in [4.69, 9.17) is 21.3 Å². The van der Waals surface area contributed by atoms with Gasteiger partial charge >= 0.3 is 5.97 Å². The van der Waals surface area contributed by atoms with E-state index < -0.39 is 12.6 Å². The number of esters is 1. The number of amides is 2. The molecular weight excluding hydrogens is 632 g/mol. The van der Waals surface area contributed by atoms with Gasteiger partial charge in [0.25, 0.3) is 0 Å². The van der Waals surface area contributed by atoms with Crippen molar-refractivity contribution in [1.82, 2.24) is 4.98 Å². The van der Waals surface area contributed by atoms with Crippen molar-refractivity contribution in [2.45, 2.75) is 13.3 Å². The summed E-state index contributed by atoms with van der Waals surface area (Å²) in [4.78, 5) is 58.7. The average molecular weight is 656 g/mol. The fourth-order valence-corrected chi connectivity index (χ4v) is 7.19.